The van der Waals surface area contributed by atoms with E-state index in [0.717, 1.165) is 16.6 Å². The molecule has 1 heterocycles. The monoisotopic (exact) mass is 325 g/mol. The normalized spacial score (nSPS) is 12.4. The van der Waals surface area contributed by atoms with E-state index < -0.39 is 0 Å². The standard InChI is InChI=1S/C13H13BrClN3/c14-11-4-2-1-3-9(11)7-13(18-16)12-6-5-10(15)8-17-12/h1-6,8,13,18H,7,16H2. The van der Waals surface area contributed by atoms with Crippen molar-refractivity contribution < 1.29 is 0 Å². The molecule has 1 aromatic carbocycles. The van der Waals surface area contributed by atoms with Gasteiger partial charge in [-0.15, -0.1) is 0 Å². The Morgan fingerprint density at radius 2 is 2.06 bits per heavy atom. The van der Waals surface area contributed by atoms with Crippen LogP contribution in [0.15, 0.2) is 47.1 Å². The molecular weight excluding hydrogens is 314 g/mol. The van der Waals surface area contributed by atoms with Gasteiger partial charge in [0.25, 0.3) is 0 Å². The SMILES string of the molecule is NNC(Cc1ccccc1Br)c1ccc(Cl)cn1. The van der Waals surface area contributed by atoms with Gasteiger partial charge in [0.05, 0.1) is 16.8 Å². The lowest BCUT2D eigenvalue weighted by molar-refractivity contribution is 0.537. The minimum atomic E-state index is -0.0408. The molecule has 0 radical (unpaired) electrons. The number of hydrazine groups is 1. The third kappa shape index (κ3) is 3.29. The van der Waals surface area contributed by atoms with Crippen molar-refractivity contribution >= 4 is 27.5 Å². The lowest BCUT2D eigenvalue weighted by Gasteiger charge is -2.16. The van der Waals surface area contributed by atoms with Gasteiger partial charge in [-0.3, -0.25) is 16.3 Å². The van der Waals surface area contributed by atoms with Crippen LogP contribution >= 0.6 is 27.5 Å². The van der Waals surface area contributed by atoms with Crippen LogP contribution in [0.2, 0.25) is 5.02 Å². The van der Waals surface area contributed by atoms with E-state index in [1.807, 2.05) is 30.3 Å². The van der Waals surface area contributed by atoms with E-state index in [-0.39, 0.29) is 6.04 Å². The molecule has 0 amide bonds. The minimum Gasteiger partial charge on any atom is -0.271 e. The van der Waals surface area contributed by atoms with Gasteiger partial charge in [0.2, 0.25) is 0 Å². The molecular formula is C13H13BrClN3. The fraction of sp³-hybridized carbons (Fsp3) is 0.154. The van der Waals surface area contributed by atoms with E-state index in [1.165, 1.54) is 5.56 Å². The number of nitrogens with one attached hydrogen (secondary N) is 1. The summed E-state index contributed by atoms with van der Waals surface area (Å²) in [6, 6.07) is 11.7. The number of benzene rings is 1. The van der Waals surface area contributed by atoms with E-state index in [4.69, 9.17) is 17.4 Å². The number of aromatic nitrogens is 1. The summed E-state index contributed by atoms with van der Waals surface area (Å²) in [5.41, 5.74) is 4.84. The fourth-order valence-corrected chi connectivity index (χ4v) is 2.28. The van der Waals surface area contributed by atoms with E-state index in [1.54, 1.807) is 6.20 Å². The Labute approximate surface area is 119 Å². The molecule has 3 N–H and O–H groups in total. The number of hydrogen-bond acceptors (Lipinski definition) is 3. The molecule has 0 saturated carbocycles. The van der Waals surface area contributed by atoms with Gasteiger partial charge in [0.1, 0.15) is 0 Å². The number of pyridine rings is 1. The number of nitrogens with zero attached hydrogens (tertiary/aromatic N) is 1. The molecule has 0 spiro atoms. The lowest BCUT2D eigenvalue weighted by atomic mass is 10.0. The van der Waals surface area contributed by atoms with Gasteiger partial charge >= 0.3 is 0 Å². The van der Waals surface area contributed by atoms with E-state index in [2.05, 4.69) is 32.4 Å². The van der Waals surface area contributed by atoms with Crippen molar-refractivity contribution in [1.82, 2.24) is 10.4 Å². The summed E-state index contributed by atoms with van der Waals surface area (Å²) < 4.78 is 1.07. The van der Waals surface area contributed by atoms with Crippen molar-refractivity contribution in [3.05, 3.63) is 63.3 Å². The molecule has 5 heteroatoms. The van der Waals surface area contributed by atoms with E-state index in [9.17, 15) is 0 Å². The molecule has 2 rings (SSSR count). The minimum absolute atomic E-state index is 0.0408. The summed E-state index contributed by atoms with van der Waals surface area (Å²) in [5, 5.41) is 0.621. The Hall–Kier alpha value is -0.940. The summed E-state index contributed by atoms with van der Waals surface area (Å²) in [6.45, 7) is 0. The number of hydrogen-bond donors (Lipinski definition) is 2. The van der Waals surface area contributed by atoms with Crippen LogP contribution in [0, 0.1) is 0 Å². The average molecular weight is 327 g/mol. The zero-order valence-electron chi connectivity index (χ0n) is 9.61. The molecule has 0 aliphatic carbocycles. The predicted octanol–water partition coefficient (Wildman–Crippen LogP) is 3.24. The van der Waals surface area contributed by atoms with Crippen LogP contribution in [-0.2, 0) is 6.42 Å². The van der Waals surface area contributed by atoms with Crippen LogP contribution in [0.1, 0.15) is 17.3 Å². The molecule has 0 saturated heterocycles. The molecule has 2 aromatic rings. The van der Waals surface area contributed by atoms with Crippen LogP contribution in [-0.4, -0.2) is 4.98 Å². The van der Waals surface area contributed by atoms with Crippen molar-refractivity contribution in [2.24, 2.45) is 5.84 Å². The van der Waals surface area contributed by atoms with Crippen molar-refractivity contribution in [3.63, 3.8) is 0 Å². The quantitative estimate of drug-likeness (QED) is 0.670. The summed E-state index contributed by atoms with van der Waals surface area (Å²) >= 11 is 9.35. The van der Waals surface area contributed by atoms with Crippen molar-refractivity contribution in [2.75, 3.05) is 0 Å². The Balaban J connectivity index is 2.20. The van der Waals surface area contributed by atoms with Crippen molar-refractivity contribution in [1.29, 1.82) is 0 Å². The molecule has 1 aromatic heterocycles. The second kappa shape index (κ2) is 6.29. The second-order valence-corrected chi connectivity index (χ2v) is 5.21. The highest BCUT2D eigenvalue weighted by molar-refractivity contribution is 9.10. The zero-order chi connectivity index (χ0) is 13.0. The highest BCUT2D eigenvalue weighted by Gasteiger charge is 2.13. The van der Waals surface area contributed by atoms with Gasteiger partial charge in [-0.25, -0.2) is 0 Å². The van der Waals surface area contributed by atoms with E-state index >= 15 is 0 Å². The predicted molar refractivity (Wildman–Crippen MR) is 77.2 cm³/mol. The van der Waals surface area contributed by atoms with Crippen LogP contribution in [0.25, 0.3) is 0 Å². The maximum atomic E-state index is 5.82. The van der Waals surface area contributed by atoms with Crippen LogP contribution in [0.5, 0.6) is 0 Å². The third-order valence-corrected chi connectivity index (χ3v) is 3.69. The lowest BCUT2D eigenvalue weighted by Crippen LogP contribution is -2.30. The molecule has 0 fully saturated rings. The molecule has 18 heavy (non-hydrogen) atoms. The third-order valence-electron chi connectivity index (χ3n) is 2.69. The first-order chi connectivity index (χ1) is 8.70. The Morgan fingerprint density at radius 3 is 2.67 bits per heavy atom. The highest BCUT2D eigenvalue weighted by atomic mass is 79.9. The summed E-state index contributed by atoms with van der Waals surface area (Å²) in [4.78, 5) is 4.29. The van der Waals surface area contributed by atoms with E-state index in [0.29, 0.717) is 5.02 Å². The Bertz CT molecular complexity index is 516. The first-order valence-electron chi connectivity index (χ1n) is 5.51. The van der Waals surface area contributed by atoms with Gasteiger partial charge in [-0.1, -0.05) is 45.7 Å². The first kappa shape index (κ1) is 13.5. The molecule has 0 aliphatic rings. The van der Waals surface area contributed by atoms with Crippen LogP contribution < -0.4 is 11.3 Å². The molecule has 1 atom stereocenters. The summed E-state index contributed by atoms with van der Waals surface area (Å²) in [6.07, 6.45) is 2.38. The number of halogens is 2. The molecule has 0 bridgehead atoms. The van der Waals surface area contributed by atoms with Crippen LogP contribution in [0.3, 0.4) is 0 Å². The largest absolute Gasteiger partial charge is 0.271 e. The molecule has 0 aliphatic heterocycles. The second-order valence-electron chi connectivity index (χ2n) is 3.92. The maximum Gasteiger partial charge on any atom is 0.0672 e. The number of rotatable bonds is 4. The molecule has 94 valence electrons. The zero-order valence-corrected chi connectivity index (χ0v) is 11.9. The Morgan fingerprint density at radius 1 is 1.28 bits per heavy atom. The van der Waals surface area contributed by atoms with Crippen molar-refractivity contribution in [2.45, 2.75) is 12.5 Å². The van der Waals surface area contributed by atoms with Gasteiger partial charge < -0.3 is 0 Å². The van der Waals surface area contributed by atoms with Gasteiger partial charge in [0.15, 0.2) is 0 Å². The van der Waals surface area contributed by atoms with Gasteiger partial charge in [-0.05, 0) is 30.2 Å². The summed E-state index contributed by atoms with van der Waals surface area (Å²) in [7, 11) is 0. The van der Waals surface area contributed by atoms with Crippen LogP contribution in [0.4, 0.5) is 0 Å². The molecule has 3 nitrogen and oxygen atoms in total. The maximum absolute atomic E-state index is 5.82. The Kier molecular flexibility index (Phi) is 4.72. The highest BCUT2D eigenvalue weighted by Crippen LogP contribution is 2.22. The van der Waals surface area contributed by atoms with Gasteiger partial charge in [-0.2, -0.15) is 0 Å². The topological polar surface area (TPSA) is 50.9 Å². The molecule has 1 unspecified atom stereocenters. The number of nitrogens with two attached hydrogens (primary N) is 1. The smallest absolute Gasteiger partial charge is 0.0672 e. The fourth-order valence-electron chi connectivity index (χ4n) is 1.73. The average Bonchev–Trinajstić information content (AvgIpc) is 2.39. The van der Waals surface area contributed by atoms with Gasteiger partial charge in [0, 0.05) is 10.7 Å². The summed E-state index contributed by atoms with van der Waals surface area (Å²) in [5.74, 6) is 5.60. The van der Waals surface area contributed by atoms with Crippen molar-refractivity contribution in [3.8, 4) is 0 Å². The first-order valence-corrected chi connectivity index (χ1v) is 6.69.